The molecule has 2 N–H and O–H groups in total. The third kappa shape index (κ3) is 2.43. The SMILES string of the molecule is CCC(N)N1CCC(c2noc3cc(F)ccc23)CC1. The topological polar surface area (TPSA) is 55.3 Å². The van der Waals surface area contributed by atoms with E-state index in [2.05, 4.69) is 17.0 Å². The van der Waals surface area contributed by atoms with E-state index >= 15 is 0 Å². The fourth-order valence-electron chi connectivity index (χ4n) is 2.99. The second kappa shape index (κ2) is 5.50. The number of nitrogens with two attached hydrogens (primary N) is 1. The van der Waals surface area contributed by atoms with Gasteiger partial charge in [-0.3, -0.25) is 4.90 Å². The van der Waals surface area contributed by atoms with Gasteiger partial charge >= 0.3 is 0 Å². The molecule has 1 atom stereocenters. The maximum Gasteiger partial charge on any atom is 0.170 e. The molecular weight excluding hydrogens is 257 g/mol. The molecule has 1 aliphatic heterocycles. The third-order valence-electron chi connectivity index (χ3n) is 4.27. The van der Waals surface area contributed by atoms with Crippen molar-refractivity contribution in [1.29, 1.82) is 0 Å². The van der Waals surface area contributed by atoms with Gasteiger partial charge in [-0.2, -0.15) is 0 Å². The van der Waals surface area contributed by atoms with Crippen molar-refractivity contribution < 1.29 is 8.91 Å². The number of nitrogens with zero attached hydrogens (tertiary/aromatic N) is 2. The number of aromatic nitrogens is 1. The molecule has 5 heteroatoms. The highest BCUT2D eigenvalue weighted by Gasteiger charge is 2.26. The number of hydrogen-bond acceptors (Lipinski definition) is 4. The van der Waals surface area contributed by atoms with Crippen molar-refractivity contribution in [2.24, 2.45) is 5.73 Å². The first kappa shape index (κ1) is 13.5. The summed E-state index contributed by atoms with van der Waals surface area (Å²) in [4.78, 5) is 2.32. The monoisotopic (exact) mass is 277 g/mol. The van der Waals surface area contributed by atoms with Gasteiger partial charge in [-0.25, -0.2) is 4.39 Å². The molecule has 0 spiro atoms. The van der Waals surface area contributed by atoms with Crippen LogP contribution in [0.3, 0.4) is 0 Å². The molecule has 1 aromatic carbocycles. The Morgan fingerprint density at radius 3 is 2.90 bits per heavy atom. The molecule has 1 aliphatic rings. The van der Waals surface area contributed by atoms with Gasteiger partial charge in [0.2, 0.25) is 0 Å². The van der Waals surface area contributed by atoms with Crippen LogP contribution >= 0.6 is 0 Å². The van der Waals surface area contributed by atoms with E-state index in [4.69, 9.17) is 10.3 Å². The Labute approximate surface area is 117 Å². The van der Waals surface area contributed by atoms with E-state index < -0.39 is 0 Å². The van der Waals surface area contributed by atoms with E-state index in [0.717, 1.165) is 43.4 Å². The molecule has 0 aliphatic carbocycles. The highest BCUT2D eigenvalue weighted by Crippen LogP contribution is 2.33. The van der Waals surface area contributed by atoms with Crippen molar-refractivity contribution in [3.63, 3.8) is 0 Å². The second-order valence-corrected chi connectivity index (χ2v) is 5.49. The van der Waals surface area contributed by atoms with E-state index in [0.29, 0.717) is 11.5 Å². The molecule has 0 radical (unpaired) electrons. The molecule has 2 heterocycles. The number of fused-ring (bicyclic) bond motifs is 1. The summed E-state index contributed by atoms with van der Waals surface area (Å²) in [5.74, 6) is 0.0888. The molecule has 0 amide bonds. The van der Waals surface area contributed by atoms with E-state index in [1.165, 1.54) is 12.1 Å². The summed E-state index contributed by atoms with van der Waals surface area (Å²) >= 11 is 0. The number of benzene rings is 1. The van der Waals surface area contributed by atoms with Gasteiger partial charge in [-0.1, -0.05) is 12.1 Å². The summed E-state index contributed by atoms with van der Waals surface area (Å²) in [5, 5.41) is 5.09. The molecule has 1 saturated heterocycles. The van der Waals surface area contributed by atoms with Gasteiger partial charge < -0.3 is 10.3 Å². The molecule has 0 bridgehead atoms. The highest BCUT2D eigenvalue weighted by molar-refractivity contribution is 5.79. The minimum atomic E-state index is -0.288. The minimum absolute atomic E-state index is 0.152. The van der Waals surface area contributed by atoms with Crippen molar-refractivity contribution in [1.82, 2.24) is 10.1 Å². The Hall–Kier alpha value is -1.46. The maximum atomic E-state index is 13.2. The molecule has 1 unspecified atom stereocenters. The Bertz CT molecular complexity index is 590. The van der Waals surface area contributed by atoms with Crippen LogP contribution < -0.4 is 5.73 Å². The normalized spacial score (nSPS) is 19.6. The van der Waals surface area contributed by atoms with Gasteiger partial charge in [0.1, 0.15) is 5.82 Å². The fraction of sp³-hybridized carbons (Fsp3) is 0.533. The molecule has 4 nitrogen and oxygen atoms in total. The van der Waals surface area contributed by atoms with E-state index in [1.807, 2.05) is 0 Å². The van der Waals surface area contributed by atoms with Crippen LogP contribution in [-0.4, -0.2) is 29.3 Å². The summed E-state index contributed by atoms with van der Waals surface area (Å²) in [6.45, 7) is 4.07. The maximum absolute atomic E-state index is 13.2. The van der Waals surface area contributed by atoms with Crippen molar-refractivity contribution in [3.8, 4) is 0 Å². The Balaban J connectivity index is 1.77. The van der Waals surface area contributed by atoms with Crippen molar-refractivity contribution >= 4 is 11.0 Å². The van der Waals surface area contributed by atoms with Crippen LogP contribution in [0.25, 0.3) is 11.0 Å². The number of piperidine rings is 1. The van der Waals surface area contributed by atoms with Crippen LogP contribution in [0.1, 0.15) is 37.8 Å². The lowest BCUT2D eigenvalue weighted by atomic mass is 9.91. The number of halogens is 1. The predicted molar refractivity (Wildman–Crippen MR) is 75.8 cm³/mol. The van der Waals surface area contributed by atoms with Crippen LogP contribution in [0, 0.1) is 5.82 Å². The Kier molecular flexibility index (Phi) is 3.72. The minimum Gasteiger partial charge on any atom is -0.356 e. The van der Waals surface area contributed by atoms with E-state index in [-0.39, 0.29) is 12.0 Å². The van der Waals surface area contributed by atoms with E-state index in [1.54, 1.807) is 6.07 Å². The molecule has 0 saturated carbocycles. The number of rotatable bonds is 3. The average Bonchev–Trinajstić information content (AvgIpc) is 2.89. The van der Waals surface area contributed by atoms with Crippen LogP contribution in [0.2, 0.25) is 0 Å². The van der Waals surface area contributed by atoms with Gasteiger partial charge in [-0.05, 0) is 31.4 Å². The zero-order valence-corrected chi connectivity index (χ0v) is 11.7. The summed E-state index contributed by atoms with van der Waals surface area (Å²) < 4.78 is 18.4. The molecular formula is C15H20FN3O. The first-order chi connectivity index (χ1) is 9.69. The van der Waals surface area contributed by atoms with Gasteiger partial charge in [0.25, 0.3) is 0 Å². The largest absolute Gasteiger partial charge is 0.356 e. The van der Waals surface area contributed by atoms with Crippen molar-refractivity contribution in [2.75, 3.05) is 13.1 Å². The molecule has 1 aromatic heterocycles. The molecule has 108 valence electrons. The number of hydrogen-bond donors (Lipinski definition) is 1. The highest BCUT2D eigenvalue weighted by atomic mass is 19.1. The first-order valence-corrected chi connectivity index (χ1v) is 7.23. The number of likely N-dealkylation sites (tertiary alicyclic amines) is 1. The van der Waals surface area contributed by atoms with Crippen LogP contribution in [-0.2, 0) is 0 Å². The summed E-state index contributed by atoms with van der Waals surface area (Å²) in [6.07, 6.45) is 3.16. The van der Waals surface area contributed by atoms with Crippen LogP contribution in [0.5, 0.6) is 0 Å². The summed E-state index contributed by atoms with van der Waals surface area (Å²) in [6, 6.07) is 4.62. The predicted octanol–water partition coefficient (Wildman–Crippen LogP) is 2.84. The molecule has 2 aromatic rings. The summed E-state index contributed by atoms with van der Waals surface area (Å²) in [7, 11) is 0. The lowest BCUT2D eigenvalue weighted by Crippen LogP contribution is -2.45. The van der Waals surface area contributed by atoms with Crippen LogP contribution in [0.4, 0.5) is 4.39 Å². The lowest BCUT2D eigenvalue weighted by Gasteiger charge is -2.34. The quantitative estimate of drug-likeness (QED) is 0.937. The summed E-state index contributed by atoms with van der Waals surface area (Å²) in [5.41, 5.74) is 7.57. The van der Waals surface area contributed by atoms with Crippen molar-refractivity contribution in [3.05, 3.63) is 29.7 Å². The first-order valence-electron chi connectivity index (χ1n) is 7.23. The second-order valence-electron chi connectivity index (χ2n) is 5.49. The van der Waals surface area contributed by atoms with E-state index in [9.17, 15) is 4.39 Å². The van der Waals surface area contributed by atoms with Gasteiger partial charge in [-0.15, -0.1) is 0 Å². The standard InChI is InChI=1S/C15H20FN3O/c1-2-14(17)19-7-5-10(6-8-19)15-12-4-3-11(16)9-13(12)20-18-15/h3-4,9-10,14H,2,5-8,17H2,1H3. The van der Waals surface area contributed by atoms with Gasteiger partial charge in [0.05, 0.1) is 11.9 Å². The van der Waals surface area contributed by atoms with Gasteiger partial charge in [0, 0.05) is 30.5 Å². The third-order valence-corrected chi connectivity index (χ3v) is 4.27. The Morgan fingerprint density at radius 1 is 1.45 bits per heavy atom. The molecule has 20 heavy (non-hydrogen) atoms. The smallest absolute Gasteiger partial charge is 0.170 e. The zero-order chi connectivity index (χ0) is 14.1. The van der Waals surface area contributed by atoms with Crippen molar-refractivity contribution in [2.45, 2.75) is 38.3 Å². The average molecular weight is 277 g/mol. The molecule has 3 rings (SSSR count). The fourth-order valence-corrected chi connectivity index (χ4v) is 2.99. The van der Waals surface area contributed by atoms with Crippen LogP contribution in [0.15, 0.2) is 22.7 Å². The zero-order valence-electron chi connectivity index (χ0n) is 11.7. The Morgan fingerprint density at radius 2 is 2.20 bits per heavy atom. The van der Waals surface area contributed by atoms with Gasteiger partial charge in [0.15, 0.2) is 5.58 Å². The molecule has 1 fully saturated rings. The lowest BCUT2D eigenvalue weighted by molar-refractivity contribution is 0.149.